The van der Waals surface area contributed by atoms with Gasteiger partial charge in [0, 0.05) is 38.8 Å². The molecule has 1 unspecified atom stereocenters. The first-order chi connectivity index (χ1) is 8.61. The van der Waals surface area contributed by atoms with Crippen molar-refractivity contribution >= 4 is 5.91 Å². The SMILES string of the molecule is CCOCCN(CCOCC)C(=O)CCC(C)N. The maximum absolute atomic E-state index is 12.0. The van der Waals surface area contributed by atoms with Gasteiger partial charge < -0.3 is 20.1 Å². The molecule has 0 saturated carbocycles. The van der Waals surface area contributed by atoms with Gasteiger partial charge in [0.2, 0.25) is 5.91 Å². The molecule has 1 atom stereocenters. The van der Waals surface area contributed by atoms with Gasteiger partial charge in [-0.1, -0.05) is 0 Å². The predicted octanol–water partition coefficient (Wildman–Crippen LogP) is 1.02. The molecule has 0 aromatic heterocycles. The fourth-order valence-corrected chi connectivity index (χ4v) is 1.51. The van der Waals surface area contributed by atoms with Gasteiger partial charge in [0.05, 0.1) is 13.2 Å². The first-order valence-electron chi connectivity index (χ1n) is 6.80. The summed E-state index contributed by atoms with van der Waals surface area (Å²) in [6.07, 6.45) is 1.22. The highest BCUT2D eigenvalue weighted by atomic mass is 16.5. The fourth-order valence-electron chi connectivity index (χ4n) is 1.51. The Bertz CT molecular complexity index is 200. The molecule has 0 aromatic rings. The number of hydrogen-bond donors (Lipinski definition) is 1. The minimum absolute atomic E-state index is 0.0644. The quantitative estimate of drug-likeness (QED) is 0.563. The smallest absolute Gasteiger partial charge is 0.222 e. The van der Waals surface area contributed by atoms with Crippen molar-refractivity contribution in [1.82, 2.24) is 4.90 Å². The van der Waals surface area contributed by atoms with Crippen LogP contribution < -0.4 is 5.73 Å². The van der Waals surface area contributed by atoms with Gasteiger partial charge in [-0.2, -0.15) is 0 Å². The van der Waals surface area contributed by atoms with Crippen molar-refractivity contribution in [3.63, 3.8) is 0 Å². The third-order valence-electron chi connectivity index (χ3n) is 2.59. The van der Waals surface area contributed by atoms with Crippen LogP contribution in [-0.4, -0.2) is 56.4 Å². The van der Waals surface area contributed by atoms with Crippen molar-refractivity contribution in [2.24, 2.45) is 5.73 Å². The average Bonchev–Trinajstić information content (AvgIpc) is 2.34. The van der Waals surface area contributed by atoms with Crippen LogP contribution in [0.25, 0.3) is 0 Å². The molecule has 0 aromatic carbocycles. The Hall–Kier alpha value is -0.650. The van der Waals surface area contributed by atoms with Crippen molar-refractivity contribution < 1.29 is 14.3 Å². The summed E-state index contributed by atoms with van der Waals surface area (Å²) in [6.45, 7) is 9.56. The van der Waals surface area contributed by atoms with Crippen molar-refractivity contribution in [3.8, 4) is 0 Å². The highest BCUT2D eigenvalue weighted by molar-refractivity contribution is 5.76. The molecule has 0 spiro atoms. The van der Waals surface area contributed by atoms with Crippen LogP contribution in [0.5, 0.6) is 0 Å². The number of nitrogens with two attached hydrogens (primary N) is 1. The highest BCUT2D eigenvalue weighted by Gasteiger charge is 2.13. The normalized spacial score (nSPS) is 12.4. The van der Waals surface area contributed by atoms with E-state index in [1.165, 1.54) is 0 Å². The summed E-state index contributed by atoms with van der Waals surface area (Å²) in [7, 11) is 0. The second kappa shape index (κ2) is 11.4. The summed E-state index contributed by atoms with van der Waals surface area (Å²) in [4.78, 5) is 13.8. The van der Waals surface area contributed by atoms with Crippen molar-refractivity contribution in [2.75, 3.05) is 39.5 Å². The topological polar surface area (TPSA) is 64.8 Å². The van der Waals surface area contributed by atoms with Crippen LogP contribution in [0.15, 0.2) is 0 Å². The van der Waals surface area contributed by atoms with Crippen LogP contribution in [0, 0.1) is 0 Å². The Kier molecular flexibility index (Phi) is 11.0. The molecule has 0 heterocycles. The molecule has 0 radical (unpaired) electrons. The molecule has 5 nitrogen and oxygen atoms in total. The van der Waals surface area contributed by atoms with E-state index in [0.29, 0.717) is 45.9 Å². The third kappa shape index (κ3) is 9.39. The Morgan fingerprint density at radius 1 is 1.17 bits per heavy atom. The number of nitrogens with zero attached hydrogens (tertiary/aromatic N) is 1. The summed E-state index contributed by atoms with van der Waals surface area (Å²) in [5, 5.41) is 0. The Morgan fingerprint density at radius 3 is 2.06 bits per heavy atom. The van der Waals surface area contributed by atoms with Crippen molar-refractivity contribution in [3.05, 3.63) is 0 Å². The standard InChI is InChI=1S/C13H28N2O3/c1-4-17-10-8-15(9-11-18-5-2)13(16)7-6-12(3)14/h12H,4-11,14H2,1-3H3. The largest absolute Gasteiger partial charge is 0.380 e. The van der Waals surface area contributed by atoms with Gasteiger partial charge in [-0.15, -0.1) is 0 Å². The molecule has 0 aliphatic rings. The maximum Gasteiger partial charge on any atom is 0.222 e. The van der Waals surface area contributed by atoms with Gasteiger partial charge in [0.15, 0.2) is 0 Å². The number of amides is 1. The minimum Gasteiger partial charge on any atom is -0.380 e. The van der Waals surface area contributed by atoms with Crippen LogP contribution in [0.2, 0.25) is 0 Å². The maximum atomic E-state index is 12.0. The molecule has 18 heavy (non-hydrogen) atoms. The van der Waals surface area contributed by atoms with Crippen LogP contribution in [0.3, 0.4) is 0 Å². The van der Waals surface area contributed by atoms with Gasteiger partial charge in [-0.25, -0.2) is 0 Å². The van der Waals surface area contributed by atoms with Gasteiger partial charge in [-0.05, 0) is 27.2 Å². The van der Waals surface area contributed by atoms with Crippen molar-refractivity contribution in [1.29, 1.82) is 0 Å². The second-order valence-corrected chi connectivity index (χ2v) is 4.29. The van der Waals surface area contributed by atoms with Crippen LogP contribution in [0.4, 0.5) is 0 Å². The lowest BCUT2D eigenvalue weighted by molar-refractivity contribution is -0.132. The summed E-state index contributed by atoms with van der Waals surface area (Å²) in [5.41, 5.74) is 5.66. The monoisotopic (exact) mass is 260 g/mol. The summed E-state index contributed by atoms with van der Waals surface area (Å²) in [5.74, 6) is 0.131. The predicted molar refractivity (Wildman–Crippen MR) is 72.4 cm³/mol. The molecule has 108 valence electrons. The first kappa shape index (κ1) is 17.4. The second-order valence-electron chi connectivity index (χ2n) is 4.29. The highest BCUT2D eigenvalue weighted by Crippen LogP contribution is 2.01. The minimum atomic E-state index is 0.0644. The number of rotatable bonds is 11. The van der Waals surface area contributed by atoms with Crippen LogP contribution >= 0.6 is 0 Å². The van der Waals surface area contributed by atoms with Gasteiger partial charge in [-0.3, -0.25) is 4.79 Å². The van der Waals surface area contributed by atoms with E-state index >= 15 is 0 Å². The van der Waals surface area contributed by atoms with E-state index in [2.05, 4.69) is 0 Å². The molecule has 5 heteroatoms. The molecule has 1 amide bonds. The molecule has 0 bridgehead atoms. The molecule has 0 rings (SSSR count). The summed E-state index contributed by atoms with van der Waals surface area (Å²) >= 11 is 0. The van der Waals surface area contributed by atoms with E-state index in [1.807, 2.05) is 20.8 Å². The Morgan fingerprint density at radius 2 is 1.67 bits per heavy atom. The zero-order chi connectivity index (χ0) is 13.8. The lowest BCUT2D eigenvalue weighted by Gasteiger charge is -2.23. The number of carbonyl (C=O) groups is 1. The third-order valence-corrected chi connectivity index (χ3v) is 2.59. The Balaban J connectivity index is 4.03. The Labute approximate surface area is 111 Å². The van der Waals surface area contributed by atoms with Crippen molar-refractivity contribution in [2.45, 2.75) is 39.7 Å². The average molecular weight is 260 g/mol. The van der Waals surface area contributed by atoms with Crippen LogP contribution in [0.1, 0.15) is 33.6 Å². The number of carbonyl (C=O) groups excluding carboxylic acids is 1. The lowest BCUT2D eigenvalue weighted by Crippen LogP contribution is -2.37. The van der Waals surface area contributed by atoms with E-state index in [1.54, 1.807) is 4.90 Å². The molecule has 0 aliphatic carbocycles. The van der Waals surface area contributed by atoms with E-state index in [0.717, 1.165) is 6.42 Å². The fraction of sp³-hybridized carbons (Fsp3) is 0.923. The molecule has 2 N–H and O–H groups in total. The molecule has 0 fully saturated rings. The molecular formula is C13H28N2O3. The van der Waals surface area contributed by atoms with Crippen LogP contribution in [-0.2, 0) is 14.3 Å². The van der Waals surface area contributed by atoms with E-state index in [4.69, 9.17) is 15.2 Å². The molecular weight excluding hydrogens is 232 g/mol. The molecule has 0 saturated heterocycles. The number of ether oxygens (including phenoxy) is 2. The summed E-state index contributed by atoms with van der Waals surface area (Å²) < 4.78 is 10.6. The summed E-state index contributed by atoms with van der Waals surface area (Å²) in [6, 6.07) is 0.0644. The zero-order valence-electron chi connectivity index (χ0n) is 12.0. The first-order valence-corrected chi connectivity index (χ1v) is 6.80. The van der Waals surface area contributed by atoms with Gasteiger partial charge in [0.1, 0.15) is 0 Å². The number of hydrogen-bond acceptors (Lipinski definition) is 4. The molecule has 0 aliphatic heterocycles. The van der Waals surface area contributed by atoms with E-state index < -0.39 is 0 Å². The zero-order valence-corrected chi connectivity index (χ0v) is 12.0. The lowest BCUT2D eigenvalue weighted by atomic mass is 10.2. The van der Waals surface area contributed by atoms with E-state index in [-0.39, 0.29) is 11.9 Å². The van der Waals surface area contributed by atoms with Gasteiger partial charge in [0.25, 0.3) is 0 Å². The van der Waals surface area contributed by atoms with E-state index in [9.17, 15) is 4.79 Å². The van der Waals surface area contributed by atoms with Gasteiger partial charge >= 0.3 is 0 Å².